The lowest BCUT2D eigenvalue weighted by atomic mass is 10.1. The summed E-state index contributed by atoms with van der Waals surface area (Å²) in [5.74, 6) is -2.15. The number of amides is 4. The van der Waals surface area contributed by atoms with Gasteiger partial charge in [0, 0.05) is 31.7 Å². The number of hydrogen-bond donors (Lipinski definition) is 1. The summed E-state index contributed by atoms with van der Waals surface area (Å²) in [4.78, 5) is 48.9. The Labute approximate surface area is 205 Å². The number of fused-ring (bicyclic) bond motifs is 1. The van der Waals surface area contributed by atoms with E-state index in [4.69, 9.17) is 15.2 Å². The van der Waals surface area contributed by atoms with Gasteiger partial charge in [0.25, 0.3) is 5.91 Å². The highest BCUT2D eigenvalue weighted by Gasteiger charge is 2.42. The van der Waals surface area contributed by atoms with Gasteiger partial charge in [-0.2, -0.15) is 18.2 Å². The molecule has 1 aromatic carbocycles. The van der Waals surface area contributed by atoms with Gasteiger partial charge in [0.2, 0.25) is 11.4 Å². The molecule has 3 heterocycles. The Morgan fingerprint density at radius 3 is 2.39 bits per heavy atom. The van der Waals surface area contributed by atoms with E-state index in [0.29, 0.717) is 17.2 Å². The largest absolute Gasteiger partial charge is 0.479 e. The van der Waals surface area contributed by atoms with E-state index in [1.807, 2.05) is 0 Å². The first-order valence-electron chi connectivity index (χ1n) is 10.3. The highest BCUT2D eigenvalue weighted by atomic mass is 32.2. The molecule has 0 radical (unpaired) electrons. The number of ether oxygens (including phenoxy) is 2. The zero-order valence-electron chi connectivity index (χ0n) is 18.5. The summed E-state index contributed by atoms with van der Waals surface area (Å²) in [5.41, 5.74) is 2.56. The number of anilines is 1. The molecule has 192 valence electrons. The van der Waals surface area contributed by atoms with Crippen molar-refractivity contribution in [2.45, 2.75) is 16.8 Å². The predicted molar refractivity (Wildman–Crippen MR) is 116 cm³/mol. The van der Waals surface area contributed by atoms with E-state index >= 15 is 0 Å². The lowest BCUT2D eigenvalue weighted by Gasteiger charge is -2.35. The SMILES string of the molecule is COc1ncnc2c1N(C(N)=O)C(OC(=O)N1CCN(C(=O)c3ccc(F)c(C(F)(F)F)c3)CC1)S2. The Bertz CT molecular complexity index is 1210. The molecule has 0 aliphatic carbocycles. The van der Waals surface area contributed by atoms with E-state index in [-0.39, 0.29) is 43.3 Å². The number of methoxy groups -OCH3 is 1. The first-order valence-corrected chi connectivity index (χ1v) is 11.1. The quantitative estimate of drug-likeness (QED) is 0.473. The van der Waals surface area contributed by atoms with Crippen LogP contribution in [0, 0.1) is 5.82 Å². The second-order valence-electron chi connectivity index (χ2n) is 7.53. The number of piperazine rings is 1. The van der Waals surface area contributed by atoms with Gasteiger partial charge in [-0.15, -0.1) is 0 Å². The highest BCUT2D eigenvalue weighted by molar-refractivity contribution is 8.00. The third-order valence-corrected chi connectivity index (χ3v) is 6.43. The van der Waals surface area contributed by atoms with Crippen molar-refractivity contribution >= 4 is 35.5 Å². The number of primary amides is 1. The van der Waals surface area contributed by atoms with Crippen molar-refractivity contribution in [1.82, 2.24) is 19.8 Å². The van der Waals surface area contributed by atoms with E-state index in [9.17, 15) is 31.9 Å². The molecule has 1 saturated heterocycles. The van der Waals surface area contributed by atoms with Crippen molar-refractivity contribution in [1.29, 1.82) is 0 Å². The van der Waals surface area contributed by atoms with Crippen LogP contribution < -0.4 is 15.4 Å². The van der Waals surface area contributed by atoms with E-state index in [2.05, 4.69) is 9.97 Å². The molecule has 0 bridgehead atoms. The topological polar surface area (TPSA) is 131 Å². The molecule has 0 saturated carbocycles. The number of aromatic nitrogens is 2. The minimum absolute atomic E-state index is 0.00191. The Morgan fingerprint density at radius 1 is 1.11 bits per heavy atom. The van der Waals surface area contributed by atoms with Crippen LogP contribution in [0.2, 0.25) is 0 Å². The fourth-order valence-corrected chi connectivity index (χ4v) is 4.69. The van der Waals surface area contributed by atoms with Crippen LogP contribution in [0.5, 0.6) is 5.88 Å². The van der Waals surface area contributed by atoms with E-state index in [0.717, 1.165) is 22.7 Å². The number of thioether (sulfide) groups is 1. The fourth-order valence-electron chi connectivity index (χ4n) is 3.64. The molecule has 2 aromatic rings. The molecule has 36 heavy (non-hydrogen) atoms. The maximum Gasteiger partial charge on any atom is 0.419 e. The molecule has 1 fully saturated rings. The number of carbonyl (C=O) groups excluding carboxylic acids is 3. The molecular weight excluding hydrogens is 512 g/mol. The van der Waals surface area contributed by atoms with Gasteiger partial charge in [-0.1, -0.05) is 0 Å². The number of nitrogens with two attached hydrogens (primary N) is 1. The molecule has 4 rings (SSSR count). The maximum absolute atomic E-state index is 13.5. The lowest BCUT2D eigenvalue weighted by molar-refractivity contribution is -0.140. The van der Waals surface area contributed by atoms with Crippen LogP contribution in [0.25, 0.3) is 0 Å². The van der Waals surface area contributed by atoms with Gasteiger partial charge in [-0.3, -0.25) is 4.79 Å². The van der Waals surface area contributed by atoms with Gasteiger partial charge in [0.15, 0.2) is 0 Å². The van der Waals surface area contributed by atoms with E-state index in [1.165, 1.54) is 23.2 Å². The van der Waals surface area contributed by atoms with Gasteiger partial charge in [0.1, 0.15) is 22.9 Å². The molecule has 1 unspecified atom stereocenters. The molecule has 1 atom stereocenters. The van der Waals surface area contributed by atoms with Crippen molar-refractivity contribution < 1.29 is 41.4 Å². The Kier molecular flexibility index (Phi) is 6.79. The fraction of sp³-hybridized carbons (Fsp3) is 0.350. The molecule has 1 aromatic heterocycles. The molecule has 2 aliphatic heterocycles. The van der Waals surface area contributed by atoms with Gasteiger partial charge in [-0.25, -0.2) is 23.9 Å². The van der Waals surface area contributed by atoms with Crippen LogP contribution in [0.4, 0.5) is 32.8 Å². The first kappa shape index (κ1) is 25.3. The molecule has 16 heteroatoms. The van der Waals surface area contributed by atoms with Crippen LogP contribution in [0.15, 0.2) is 29.6 Å². The number of benzene rings is 1. The van der Waals surface area contributed by atoms with Crippen LogP contribution in [0.1, 0.15) is 15.9 Å². The predicted octanol–water partition coefficient (Wildman–Crippen LogP) is 2.51. The minimum atomic E-state index is -4.95. The second-order valence-corrected chi connectivity index (χ2v) is 8.55. The monoisotopic (exact) mass is 530 g/mol. The zero-order valence-corrected chi connectivity index (χ0v) is 19.3. The number of alkyl halides is 3. The summed E-state index contributed by atoms with van der Waals surface area (Å²) in [7, 11) is 1.34. The van der Waals surface area contributed by atoms with Gasteiger partial charge < -0.3 is 25.0 Å². The van der Waals surface area contributed by atoms with Crippen molar-refractivity contribution in [3.63, 3.8) is 0 Å². The number of carbonyl (C=O) groups is 3. The number of halogens is 4. The second kappa shape index (κ2) is 9.67. The first-order chi connectivity index (χ1) is 17.0. The summed E-state index contributed by atoms with van der Waals surface area (Å²) >= 11 is 0.939. The summed E-state index contributed by atoms with van der Waals surface area (Å²) < 4.78 is 63.0. The standard InChI is InChI=1S/C20H18F4N6O5S/c1-34-14-13-15(27-9-26-14)36-19(30(13)17(25)32)35-18(33)29-6-4-28(5-7-29)16(31)10-2-3-12(21)11(8-10)20(22,23)24/h2-3,8-9,19H,4-7H2,1H3,(H2,25,32). The van der Waals surface area contributed by atoms with Crippen LogP contribution in [-0.4, -0.2) is 76.6 Å². The number of nitrogens with zero attached hydrogens (tertiary/aromatic N) is 5. The van der Waals surface area contributed by atoms with Crippen molar-refractivity contribution in [3.8, 4) is 5.88 Å². The summed E-state index contributed by atoms with van der Waals surface area (Å²) in [5, 5.41) is 0.311. The van der Waals surface area contributed by atoms with Crippen LogP contribution in [0.3, 0.4) is 0 Å². The van der Waals surface area contributed by atoms with Gasteiger partial charge in [0.05, 0.1) is 12.7 Å². The molecule has 2 N–H and O–H groups in total. The average Bonchev–Trinajstić information content (AvgIpc) is 3.21. The number of rotatable bonds is 3. The summed E-state index contributed by atoms with van der Waals surface area (Å²) in [6.07, 6.45) is -4.55. The molecule has 0 spiro atoms. The average molecular weight is 530 g/mol. The third kappa shape index (κ3) is 4.80. The van der Waals surface area contributed by atoms with Crippen molar-refractivity contribution in [3.05, 3.63) is 41.5 Å². The Morgan fingerprint density at radius 2 is 1.78 bits per heavy atom. The van der Waals surface area contributed by atoms with Gasteiger partial charge in [-0.05, 0) is 30.0 Å². The number of urea groups is 1. The van der Waals surface area contributed by atoms with Crippen LogP contribution >= 0.6 is 11.8 Å². The van der Waals surface area contributed by atoms with Crippen LogP contribution in [-0.2, 0) is 10.9 Å². The maximum atomic E-state index is 13.5. The van der Waals surface area contributed by atoms with Gasteiger partial charge >= 0.3 is 18.3 Å². The van der Waals surface area contributed by atoms with Crippen molar-refractivity contribution in [2.75, 3.05) is 38.2 Å². The Balaban J connectivity index is 1.39. The Hall–Kier alpha value is -3.82. The summed E-state index contributed by atoms with van der Waals surface area (Å²) in [6, 6.07) is 1.09. The normalized spacial score (nSPS) is 17.6. The molecule has 11 nitrogen and oxygen atoms in total. The lowest BCUT2D eigenvalue weighted by Crippen LogP contribution is -2.52. The highest BCUT2D eigenvalue weighted by Crippen LogP contribution is 2.46. The smallest absolute Gasteiger partial charge is 0.419 e. The van der Waals surface area contributed by atoms with E-state index in [1.54, 1.807) is 0 Å². The molecule has 4 amide bonds. The third-order valence-electron chi connectivity index (χ3n) is 5.40. The molecular formula is C20H18F4N6O5S. The zero-order chi connectivity index (χ0) is 26.2. The number of hydrogen-bond acceptors (Lipinski definition) is 8. The minimum Gasteiger partial charge on any atom is -0.479 e. The van der Waals surface area contributed by atoms with E-state index < -0.39 is 41.1 Å². The molecule has 2 aliphatic rings. The van der Waals surface area contributed by atoms with Crippen molar-refractivity contribution in [2.24, 2.45) is 5.73 Å². The summed E-state index contributed by atoms with van der Waals surface area (Å²) in [6.45, 7) is -0.0169.